The fourth-order valence-electron chi connectivity index (χ4n) is 3.99. The first-order valence-electron chi connectivity index (χ1n) is 9.29. The third kappa shape index (κ3) is 2.52. The Hall–Kier alpha value is -3.14. The van der Waals surface area contributed by atoms with Gasteiger partial charge in [-0.2, -0.15) is 0 Å². The first kappa shape index (κ1) is 16.1. The van der Waals surface area contributed by atoms with Crippen LogP contribution < -0.4 is 0 Å². The van der Waals surface area contributed by atoms with Gasteiger partial charge in [0.2, 0.25) is 0 Å². The molecule has 4 nitrogen and oxygen atoms in total. The number of hydrogen-bond acceptors (Lipinski definition) is 3. The van der Waals surface area contributed by atoms with Gasteiger partial charge in [-0.15, -0.1) is 0 Å². The van der Waals surface area contributed by atoms with Crippen molar-refractivity contribution in [1.82, 2.24) is 4.90 Å². The van der Waals surface area contributed by atoms with Crippen LogP contribution in [0.15, 0.2) is 65.3 Å². The monoisotopic (exact) mass is 357 g/mol. The maximum absolute atomic E-state index is 13.3. The summed E-state index contributed by atoms with van der Waals surface area (Å²) < 4.78 is 5.53. The van der Waals surface area contributed by atoms with Crippen molar-refractivity contribution in [3.63, 3.8) is 0 Å². The smallest absolute Gasteiger partial charge is 0.254 e. The standard InChI is InChI=1S/C23H19NO3/c1-14(21-7-4-12-27-21)24(16-9-10-16)23(26)15-8-11-18-17-5-2-3-6-19(17)22(25)20(18)13-15/h2-8,11-14,16H,9-10H2,1H3. The lowest BCUT2D eigenvalue weighted by atomic mass is 10.0. The minimum absolute atomic E-state index is 0.00713. The van der Waals surface area contributed by atoms with Gasteiger partial charge in [0, 0.05) is 22.7 Å². The second-order valence-corrected chi connectivity index (χ2v) is 7.27. The fourth-order valence-corrected chi connectivity index (χ4v) is 3.99. The van der Waals surface area contributed by atoms with Gasteiger partial charge in [0.25, 0.3) is 5.91 Å². The van der Waals surface area contributed by atoms with Gasteiger partial charge in [-0.1, -0.05) is 30.3 Å². The van der Waals surface area contributed by atoms with Crippen LogP contribution in [0.3, 0.4) is 0 Å². The molecule has 4 heteroatoms. The number of ketones is 1. The third-order valence-electron chi connectivity index (χ3n) is 5.52. The highest BCUT2D eigenvalue weighted by Gasteiger charge is 2.38. The Morgan fingerprint density at radius 3 is 2.44 bits per heavy atom. The van der Waals surface area contributed by atoms with E-state index < -0.39 is 0 Å². The second kappa shape index (κ2) is 5.95. The molecule has 1 atom stereocenters. The van der Waals surface area contributed by atoms with E-state index in [0.29, 0.717) is 16.7 Å². The molecule has 0 bridgehead atoms. The summed E-state index contributed by atoms with van der Waals surface area (Å²) in [6, 6.07) is 16.9. The van der Waals surface area contributed by atoms with Gasteiger partial charge < -0.3 is 9.32 Å². The molecule has 5 rings (SSSR count). The lowest BCUT2D eigenvalue weighted by Crippen LogP contribution is -2.35. The van der Waals surface area contributed by atoms with Crippen LogP contribution in [0.1, 0.15) is 57.8 Å². The third-order valence-corrected chi connectivity index (χ3v) is 5.52. The molecule has 1 amide bonds. The average molecular weight is 357 g/mol. The maximum Gasteiger partial charge on any atom is 0.254 e. The van der Waals surface area contributed by atoms with Crippen LogP contribution >= 0.6 is 0 Å². The zero-order valence-corrected chi connectivity index (χ0v) is 15.0. The Morgan fingerprint density at radius 1 is 1.00 bits per heavy atom. The van der Waals surface area contributed by atoms with Crippen molar-refractivity contribution in [1.29, 1.82) is 0 Å². The number of nitrogens with zero attached hydrogens (tertiary/aromatic N) is 1. The van der Waals surface area contributed by atoms with E-state index in [1.165, 1.54) is 0 Å². The number of amides is 1. The topological polar surface area (TPSA) is 50.5 Å². The summed E-state index contributed by atoms with van der Waals surface area (Å²) in [5, 5.41) is 0. The number of carbonyl (C=O) groups excluding carboxylic acids is 2. The minimum Gasteiger partial charge on any atom is -0.467 e. The lowest BCUT2D eigenvalue weighted by molar-refractivity contribution is 0.0652. The van der Waals surface area contributed by atoms with Crippen molar-refractivity contribution in [2.75, 3.05) is 0 Å². The normalized spacial score (nSPS) is 16.0. The van der Waals surface area contributed by atoms with Crippen LogP contribution in [0, 0.1) is 0 Å². The van der Waals surface area contributed by atoms with Crippen LogP contribution in [0.25, 0.3) is 11.1 Å². The number of carbonyl (C=O) groups is 2. The molecule has 1 heterocycles. The Morgan fingerprint density at radius 2 is 1.74 bits per heavy atom. The van der Waals surface area contributed by atoms with Gasteiger partial charge in [0.1, 0.15) is 5.76 Å². The number of rotatable bonds is 4. The molecule has 2 aromatic carbocycles. The molecule has 0 aliphatic heterocycles. The van der Waals surface area contributed by atoms with E-state index in [2.05, 4.69) is 0 Å². The number of fused-ring (bicyclic) bond motifs is 3. The van der Waals surface area contributed by atoms with E-state index in [1.807, 2.05) is 60.4 Å². The first-order valence-corrected chi connectivity index (χ1v) is 9.29. The largest absolute Gasteiger partial charge is 0.467 e. The first-order chi connectivity index (χ1) is 13.1. The molecule has 27 heavy (non-hydrogen) atoms. The summed E-state index contributed by atoms with van der Waals surface area (Å²) in [5.41, 5.74) is 3.73. The summed E-state index contributed by atoms with van der Waals surface area (Å²) in [5.74, 6) is 0.722. The summed E-state index contributed by atoms with van der Waals surface area (Å²) in [6.07, 6.45) is 3.64. The van der Waals surface area contributed by atoms with Crippen molar-refractivity contribution in [2.45, 2.75) is 31.8 Å². The molecule has 0 radical (unpaired) electrons. The molecule has 134 valence electrons. The van der Waals surface area contributed by atoms with Gasteiger partial charge in [0.05, 0.1) is 12.3 Å². The van der Waals surface area contributed by atoms with Crippen LogP contribution in [-0.2, 0) is 0 Å². The molecule has 3 aromatic rings. The quantitative estimate of drug-likeness (QED) is 0.524. The Kier molecular flexibility index (Phi) is 3.54. The lowest BCUT2D eigenvalue weighted by Gasteiger charge is -2.28. The van der Waals surface area contributed by atoms with Crippen LogP contribution in [0.2, 0.25) is 0 Å². The van der Waals surface area contributed by atoms with Gasteiger partial charge in [0.15, 0.2) is 5.78 Å². The summed E-state index contributed by atoms with van der Waals surface area (Å²) in [4.78, 5) is 28.0. The van der Waals surface area contributed by atoms with Gasteiger partial charge in [-0.25, -0.2) is 0 Å². The van der Waals surface area contributed by atoms with Crippen LogP contribution in [-0.4, -0.2) is 22.6 Å². The summed E-state index contributed by atoms with van der Waals surface area (Å²) in [6.45, 7) is 1.99. The molecular weight excluding hydrogens is 338 g/mol. The maximum atomic E-state index is 13.3. The van der Waals surface area contributed by atoms with Crippen molar-refractivity contribution in [3.05, 3.63) is 83.3 Å². The zero-order chi connectivity index (χ0) is 18.5. The Labute approximate surface area is 157 Å². The molecule has 1 unspecified atom stereocenters. The summed E-state index contributed by atoms with van der Waals surface area (Å²) >= 11 is 0. The molecular formula is C23H19NO3. The predicted octanol–water partition coefficient (Wildman–Crippen LogP) is 4.86. The van der Waals surface area contributed by atoms with E-state index >= 15 is 0 Å². The Bertz CT molecular complexity index is 1050. The van der Waals surface area contributed by atoms with Crippen molar-refractivity contribution >= 4 is 11.7 Å². The van der Waals surface area contributed by atoms with E-state index in [-0.39, 0.29) is 23.8 Å². The van der Waals surface area contributed by atoms with E-state index in [4.69, 9.17) is 4.42 Å². The number of hydrogen-bond donors (Lipinski definition) is 0. The molecule has 0 spiro atoms. The number of benzene rings is 2. The second-order valence-electron chi connectivity index (χ2n) is 7.27. The van der Waals surface area contributed by atoms with Crippen molar-refractivity contribution in [3.8, 4) is 11.1 Å². The number of furan rings is 1. The molecule has 1 fully saturated rings. The highest BCUT2D eigenvalue weighted by atomic mass is 16.3. The van der Waals surface area contributed by atoms with Crippen molar-refractivity contribution < 1.29 is 14.0 Å². The van der Waals surface area contributed by atoms with Crippen LogP contribution in [0.4, 0.5) is 0 Å². The Balaban J connectivity index is 1.52. The van der Waals surface area contributed by atoms with Crippen LogP contribution in [0.5, 0.6) is 0 Å². The molecule has 2 aliphatic carbocycles. The average Bonchev–Trinajstić information content (AvgIpc) is 3.28. The van der Waals surface area contributed by atoms with Gasteiger partial charge in [-0.05, 0) is 55.2 Å². The van der Waals surface area contributed by atoms with E-state index in [9.17, 15) is 9.59 Å². The van der Waals surface area contributed by atoms with Gasteiger partial charge in [-0.3, -0.25) is 9.59 Å². The molecule has 1 saturated carbocycles. The highest BCUT2D eigenvalue weighted by molar-refractivity contribution is 6.22. The zero-order valence-electron chi connectivity index (χ0n) is 15.0. The molecule has 0 N–H and O–H groups in total. The SMILES string of the molecule is CC(c1ccco1)N(C(=O)c1ccc2c(c1)C(=O)c1ccccc1-2)C1CC1. The van der Waals surface area contributed by atoms with Crippen molar-refractivity contribution in [2.24, 2.45) is 0 Å². The van der Waals surface area contributed by atoms with Gasteiger partial charge >= 0.3 is 0 Å². The minimum atomic E-state index is -0.138. The highest BCUT2D eigenvalue weighted by Crippen LogP contribution is 2.39. The van der Waals surface area contributed by atoms with E-state index in [0.717, 1.165) is 29.7 Å². The molecule has 1 aromatic heterocycles. The van der Waals surface area contributed by atoms with E-state index in [1.54, 1.807) is 12.3 Å². The molecule has 2 aliphatic rings. The summed E-state index contributed by atoms with van der Waals surface area (Å²) in [7, 11) is 0. The fraction of sp³-hybridized carbons (Fsp3) is 0.217. The predicted molar refractivity (Wildman–Crippen MR) is 102 cm³/mol. The molecule has 0 saturated heterocycles.